The Morgan fingerprint density at radius 1 is 1.37 bits per heavy atom. The fourth-order valence-corrected chi connectivity index (χ4v) is 4.54. The molecule has 3 aromatic heterocycles. The van der Waals surface area contributed by atoms with Crippen molar-refractivity contribution in [3.05, 3.63) is 22.4 Å². The van der Waals surface area contributed by atoms with Crippen molar-refractivity contribution in [3.63, 3.8) is 0 Å². The highest BCUT2D eigenvalue weighted by Gasteiger charge is 2.37. The first-order valence-corrected chi connectivity index (χ1v) is 11.3. The van der Waals surface area contributed by atoms with Crippen LogP contribution in [0, 0.1) is 0 Å². The lowest BCUT2D eigenvalue weighted by molar-refractivity contribution is 0.150. The number of halogens is 3. The van der Waals surface area contributed by atoms with Crippen LogP contribution in [-0.4, -0.2) is 45.4 Å². The number of alkyl halides is 2. The van der Waals surface area contributed by atoms with Gasteiger partial charge in [-0.3, -0.25) is 9.12 Å². The Morgan fingerprint density at radius 2 is 2.17 bits per heavy atom. The van der Waals surface area contributed by atoms with Crippen molar-refractivity contribution in [2.24, 2.45) is 0 Å². The van der Waals surface area contributed by atoms with E-state index in [1.54, 1.807) is 11.5 Å². The lowest BCUT2D eigenvalue weighted by Gasteiger charge is -2.14. The molecule has 0 aliphatic heterocycles. The number of aromatic nitrogens is 4. The van der Waals surface area contributed by atoms with Gasteiger partial charge in [-0.15, -0.1) is 10.2 Å². The summed E-state index contributed by atoms with van der Waals surface area (Å²) < 4.78 is 42.2. The smallest absolute Gasteiger partial charge is 0.291 e. The van der Waals surface area contributed by atoms with Gasteiger partial charge in [0.2, 0.25) is 0 Å². The maximum absolute atomic E-state index is 13.0. The van der Waals surface area contributed by atoms with Gasteiger partial charge in [0, 0.05) is 36.8 Å². The zero-order chi connectivity index (χ0) is 21.3. The lowest BCUT2D eigenvalue weighted by Crippen LogP contribution is -2.20. The molecule has 0 amide bonds. The van der Waals surface area contributed by atoms with Gasteiger partial charge in [-0.2, -0.15) is 0 Å². The molecule has 30 heavy (non-hydrogen) atoms. The second kappa shape index (κ2) is 8.91. The van der Waals surface area contributed by atoms with Crippen LogP contribution in [0.1, 0.15) is 37.6 Å². The number of imidazole rings is 1. The highest BCUT2D eigenvalue weighted by molar-refractivity contribution is 7.97. The van der Waals surface area contributed by atoms with Crippen LogP contribution in [0.25, 0.3) is 16.3 Å². The molecule has 0 bridgehead atoms. The zero-order valence-corrected chi connectivity index (χ0v) is 18.7. The third-order valence-corrected chi connectivity index (χ3v) is 6.86. The molecule has 1 aliphatic rings. The van der Waals surface area contributed by atoms with E-state index in [1.807, 2.05) is 12.3 Å². The molecule has 0 spiro atoms. The Labute approximate surface area is 185 Å². The van der Waals surface area contributed by atoms with E-state index in [4.69, 9.17) is 21.1 Å². The molecule has 0 atom stereocenters. The van der Waals surface area contributed by atoms with Crippen LogP contribution < -0.4 is 9.46 Å². The minimum Gasteiger partial charge on any atom is -0.491 e. The standard InChI is InChI=1S/C18H20ClF2N5O2S2/c1-18(4-5-18)25-30-10-8-11(28-7-3-6-27-2)12-13(19)22-15(26(12)9-10)17-24-23-16(29-17)14(20)21/h8-9,14,25H,3-7H2,1-2H3. The summed E-state index contributed by atoms with van der Waals surface area (Å²) in [5, 5.41) is 7.55. The number of rotatable bonds is 10. The number of hydrogen-bond donors (Lipinski definition) is 1. The summed E-state index contributed by atoms with van der Waals surface area (Å²) >= 11 is 8.68. The third kappa shape index (κ3) is 4.70. The minimum atomic E-state index is -2.69. The first kappa shape index (κ1) is 21.7. The number of fused-ring (bicyclic) bond motifs is 1. The Kier molecular flexibility index (Phi) is 6.44. The van der Waals surface area contributed by atoms with Crippen molar-refractivity contribution in [3.8, 4) is 16.6 Å². The predicted octanol–water partition coefficient (Wildman–Crippen LogP) is 5.01. The molecular formula is C18H20ClF2N5O2S2. The molecule has 0 unspecified atom stereocenters. The molecule has 3 heterocycles. The Bertz CT molecular complexity index is 1040. The predicted molar refractivity (Wildman–Crippen MR) is 113 cm³/mol. The number of ether oxygens (including phenoxy) is 2. The molecule has 1 fully saturated rings. The molecule has 0 saturated heterocycles. The Hall–Kier alpha value is -1.53. The van der Waals surface area contributed by atoms with Gasteiger partial charge in [-0.25, -0.2) is 13.8 Å². The summed E-state index contributed by atoms with van der Waals surface area (Å²) in [7, 11) is 1.63. The second-order valence-electron chi connectivity index (χ2n) is 7.19. The summed E-state index contributed by atoms with van der Waals surface area (Å²) in [6.07, 6.45) is 2.10. The number of nitrogens with one attached hydrogen (secondary N) is 1. The third-order valence-electron chi connectivity index (χ3n) is 4.62. The van der Waals surface area contributed by atoms with E-state index in [9.17, 15) is 8.78 Å². The topological polar surface area (TPSA) is 73.6 Å². The van der Waals surface area contributed by atoms with Gasteiger partial charge in [-0.05, 0) is 37.8 Å². The van der Waals surface area contributed by atoms with E-state index in [-0.39, 0.29) is 20.7 Å². The van der Waals surface area contributed by atoms with Gasteiger partial charge < -0.3 is 9.47 Å². The zero-order valence-electron chi connectivity index (χ0n) is 16.3. The largest absolute Gasteiger partial charge is 0.491 e. The van der Waals surface area contributed by atoms with Crippen LogP contribution in [-0.2, 0) is 4.74 Å². The van der Waals surface area contributed by atoms with E-state index < -0.39 is 6.43 Å². The number of hydrogen-bond acceptors (Lipinski definition) is 8. The van der Waals surface area contributed by atoms with Crippen LogP contribution in [0.15, 0.2) is 17.2 Å². The fourth-order valence-electron chi connectivity index (χ4n) is 2.70. The van der Waals surface area contributed by atoms with Crippen molar-refractivity contribution in [1.82, 2.24) is 24.3 Å². The van der Waals surface area contributed by atoms with Crippen molar-refractivity contribution < 1.29 is 18.3 Å². The summed E-state index contributed by atoms with van der Waals surface area (Å²) in [5.41, 5.74) is 0.680. The average molecular weight is 476 g/mol. The second-order valence-corrected chi connectivity index (χ2v) is 9.44. The summed E-state index contributed by atoms with van der Waals surface area (Å²) in [5.74, 6) is 0.905. The van der Waals surface area contributed by atoms with Crippen LogP contribution >= 0.6 is 34.9 Å². The van der Waals surface area contributed by atoms with Gasteiger partial charge in [0.1, 0.15) is 11.3 Å². The SMILES string of the molecule is COCCCOc1cc(SNC2(C)CC2)cn2c(-c3nnc(C(F)F)s3)nc(Cl)c12. The summed E-state index contributed by atoms with van der Waals surface area (Å²) in [4.78, 5) is 5.24. The normalized spacial score (nSPS) is 15.3. The molecule has 1 N–H and O–H groups in total. The van der Waals surface area contributed by atoms with Crippen LogP contribution in [0.3, 0.4) is 0 Å². The molecular weight excluding hydrogens is 456 g/mol. The first-order chi connectivity index (χ1) is 14.4. The quantitative estimate of drug-likeness (QED) is 0.326. The van der Waals surface area contributed by atoms with Gasteiger partial charge in [0.25, 0.3) is 6.43 Å². The van der Waals surface area contributed by atoms with Gasteiger partial charge in [0.05, 0.1) is 6.61 Å². The highest BCUT2D eigenvalue weighted by Crippen LogP contribution is 2.40. The molecule has 3 aromatic rings. The van der Waals surface area contributed by atoms with Gasteiger partial charge in [-0.1, -0.05) is 22.9 Å². The van der Waals surface area contributed by atoms with Crippen LogP contribution in [0.2, 0.25) is 5.15 Å². The Morgan fingerprint density at radius 3 is 2.83 bits per heavy atom. The number of methoxy groups -OCH3 is 1. The van der Waals surface area contributed by atoms with Crippen LogP contribution in [0.4, 0.5) is 8.78 Å². The summed E-state index contributed by atoms with van der Waals surface area (Å²) in [6, 6.07) is 1.90. The first-order valence-electron chi connectivity index (χ1n) is 9.29. The molecule has 162 valence electrons. The molecule has 1 aliphatic carbocycles. The van der Waals surface area contributed by atoms with E-state index >= 15 is 0 Å². The molecule has 1 saturated carbocycles. The van der Waals surface area contributed by atoms with E-state index in [0.717, 1.165) is 29.1 Å². The number of nitrogens with zero attached hydrogens (tertiary/aromatic N) is 4. The molecule has 0 aromatic carbocycles. The highest BCUT2D eigenvalue weighted by atomic mass is 35.5. The van der Waals surface area contributed by atoms with Crippen LogP contribution in [0.5, 0.6) is 5.75 Å². The fraction of sp³-hybridized carbons (Fsp3) is 0.500. The monoisotopic (exact) mass is 475 g/mol. The van der Waals surface area contributed by atoms with Gasteiger partial charge in [0.15, 0.2) is 21.0 Å². The van der Waals surface area contributed by atoms with Gasteiger partial charge >= 0.3 is 0 Å². The lowest BCUT2D eigenvalue weighted by atomic mass is 10.3. The molecule has 4 rings (SSSR count). The minimum absolute atomic E-state index is 0.125. The number of pyridine rings is 1. The molecule has 12 heteroatoms. The average Bonchev–Trinajstić information content (AvgIpc) is 3.13. The molecule has 7 nitrogen and oxygen atoms in total. The van der Waals surface area contributed by atoms with E-state index in [2.05, 4.69) is 26.8 Å². The van der Waals surface area contributed by atoms with Crippen molar-refractivity contribution in [2.75, 3.05) is 20.3 Å². The Balaban J connectivity index is 1.72. The summed E-state index contributed by atoms with van der Waals surface area (Å²) in [6.45, 7) is 3.17. The van der Waals surface area contributed by atoms with E-state index in [1.165, 1.54) is 11.9 Å². The van der Waals surface area contributed by atoms with Crippen molar-refractivity contribution in [2.45, 2.75) is 43.0 Å². The maximum Gasteiger partial charge on any atom is 0.291 e. The van der Waals surface area contributed by atoms with Crippen molar-refractivity contribution in [1.29, 1.82) is 0 Å². The molecule has 0 radical (unpaired) electrons. The van der Waals surface area contributed by atoms with E-state index in [0.29, 0.717) is 36.7 Å². The van der Waals surface area contributed by atoms with Crippen molar-refractivity contribution >= 4 is 40.4 Å². The maximum atomic E-state index is 13.0.